The van der Waals surface area contributed by atoms with Crippen LogP contribution in [0.4, 0.5) is 18.0 Å². The zero-order valence-corrected chi connectivity index (χ0v) is 10.2. The van der Waals surface area contributed by atoms with Crippen molar-refractivity contribution in [3.05, 3.63) is 35.1 Å². The quantitative estimate of drug-likeness (QED) is 0.859. The predicted octanol–water partition coefficient (Wildman–Crippen LogP) is 2.97. The molecule has 7 heteroatoms. The van der Waals surface area contributed by atoms with E-state index in [0.29, 0.717) is 0 Å². The average molecular weight is 282 g/mol. The molecule has 0 radical (unpaired) electrons. The molecule has 0 aromatic heterocycles. The normalized spacial score (nSPS) is 21.6. The van der Waals surface area contributed by atoms with Gasteiger partial charge in [0, 0.05) is 0 Å². The van der Waals surface area contributed by atoms with E-state index in [0.717, 1.165) is 6.07 Å². The largest absolute Gasteiger partial charge is 0.443 e. The third-order valence-electron chi connectivity index (χ3n) is 2.60. The van der Waals surface area contributed by atoms with Gasteiger partial charge in [0.25, 0.3) is 0 Å². The molecule has 1 fully saturated rings. The maximum Gasteiger partial charge on any atom is 0.408 e. The number of nitrogens with one attached hydrogen (secondary N) is 1. The Kier molecular flexibility index (Phi) is 4.11. The molecule has 1 aliphatic heterocycles. The topological polar surface area (TPSA) is 38.3 Å². The van der Waals surface area contributed by atoms with Gasteiger partial charge in [0.2, 0.25) is 0 Å². The number of ether oxygens (including phenoxy) is 1. The summed E-state index contributed by atoms with van der Waals surface area (Å²) in [5.74, 6) is -3.69. The fourth-order valence-corrected chi connectivity index (χ4v) is 1.68. The second-order valence-electron chi connectivity index (χ2n) is 3.92. The molecular formula is C11H11ClF3NO2. The SMILES string of the molecule is Cc1cc([C@H]2NC(=O)OCC2(F)F)ccc1F.Cl. The Morgan fingerprint density at radius 3 is 2.72 bits per heavy atom. The standard InChI is InChI=1S/C11H10F3NO2.ClH/c1-6-4-7(2-3-8(6)12)9-11(13,14)5-17-10(16)15-9;/h2-4,9H,5H2,1H3,(H,15,16);1H/t9-;/m1./s1. The number of carbonyl (C=O) groups is 1. The number of aryl methyl sites for hydroxylation is 1. The number of halogens is 4. The second-order valence-corrected chi connectivity index (χ2v) is 3.92. The molecule has 0 saturated carbocycles. The summed E-state index contributed by atoms with van der Waals surface area (Å²) in [6, 6.07) is 2.14. The van der Waals surface area contributed by atoms with Crippen molar-refractivity contribution in [2.24, 2.45) is 0 Å². The summed E-state index contributed by atoms with van der Waals surface area (Å²) < 4.78 is 44.3. The van der Waals surface area contributed by atoms with Gasteiger partial charge >= 0.3 is 12.0 Å². The number of amides is 1. The van der Waals surface area contributed by atoms with E-state index in [1.54, 1.807) is 0 Å². The summed E-state index contributed by atoms with van der Waals surface area (Å²) in [5.41, 5.74) is 0.407. The van der Waals surface area contributed by atoms with Gasteiger partial charge in [-0.25, -0.2) is 18.0 Å². The second kappa shape index (κ2) is 5.06. The van der Waals surface area contributed by atoms with Crippen LogP contribution < -0.4 is 5.32 Å². The van der Waals surface area contributed by atoms with Crippen LogP contribution in [0.2, 0.25) is 0 Å². The average Bonchev–Trinajstić information content (AvgIpc) is 2.26. The van der Waals surface area contributed by atoms with E-state index in [4.69, 9.17) is 0 Å². The van der Waals surface area contributed by atoms with E-state index in [1.165, 1.54) is 19.1 Å². The van der Waals surface area contributed by atoms with E-state index >= 15 is 0 Å². The fourth-order valence-electron chi connectivity index (χ4n) is 1.68. The van der Waals surface area contributed by atoms with Crippen molar-refractivity contribution < 1.29 is 22.7 Å². The van der Waals surface area contributed by atoms with Gasteiger partial charge in [-0.15, -0.1) is 12.4 Å². The van der Waals surface area contributed by atoms with Gasteiger partial charge in [-0.2, -0.15) is 0 Å². The lowest BCUT2D eigenvalue weighted by atomic mass is 9.98. The molecular weight excluding hydrogens is 271 g/mol. The van der Waals surface area contributed by atoms with Gasteiger partial charge in [-0.3, -0.25) is 0 Å². The molecule has 1 aromatic carbocycles. The Morgan fingerprint density at radius 1 is 1.44 bits per heavy atom. The molecule has 1 saturated heterocycles. The van der Waals surface area contributed by atoms with E-state index < -0.39 is 30.5 Å². The van der Waals surface area contributed by atoms with Crippen molar-refractivity contribution in [3.63, 3.8) is 0 Å². The lowest BCUT2D eigenvalue weighted by Gasteiger charge is -2.31. The van der Waals surface area contributed by atoms with Crippen molar-refractivity contribution in [3.8, 4) is 0 Å². The number of carbonyl (C=O) groups excluding carboxylic acids is 1. The summed E-state index contributed by atoms with van der Waals surface area (Å²) in [5, 5.41) is 2.04. The molecule has 0 aliphatic carbocycles. The number of hydrogen-bond acceptors (Lipinski definition) is 2. The van der Waals surface area contributed by atoms with Gasteiger partial charge in [-0.05, 0) is 24.1 Å². The van der Waals surface area contributed by atoms with Crippen LogP contribution in [0.25, 0.3) is 0 Å². The molecule has 1 amide bonds. The maximum atomic E-state index is 13.5. The third-order valence-corrected chi connectivity index (χ3v) is 2.60. The number of rotatable bonds is 1. The van der Waals surface area contributed by atoms with Gasteiger partial charge in [0.05, 0.1) is 0 Å². The van der Waals surface area contributed by atoms with Gasteiger partial charge in [-0.1, -0.05) is 12.1 Å². The number of hydrogen-bond donors (Lipinski definition) is 1. The highest BCUT2D eigenvalue weighted by molar-refractivity contribution is 5.85. The fraction of sp³-hybridized carbons (Fsp3) is 0.364. The Morgan fingerprint density at radius 2 is 2.11 bits per heavy atom. The summed E-state index contributed by atoms with van der Waals surface area (Å²) in [6.45, 7) is 0.498. The van der Waals surface area contributed by atoms with Gasteiger partial charge in [0.15, 0.2) is 6.61 Å². The van der Waals surface area contributed by atoms with Crippen LogP contribution >= 0.6 is 12.4 Å². The Hall–Kier alpha value is -1.43. The minimum absolute atomic E-state index is 0. The summed E-state index contributed by atoms with van der Waals surface area (Å²) in [6.07, 6.45) is -0.900. The Labute approximate surface area is 108 Å². The van der Waals surface area contributed by atoms with E-state index in [9.17, 15) is 18.0 Å². The molecule has 0 unspecified atom stereocenters. The molecule has 1 atom stereocenters. The minimum Gasteiger partial charge on any atom is -0.443 e. The zero-order valence-electron chi connectivity index (χ0n) is 9.38. The van der Waals surface area contributed by atoms with Crippen LogP contribution in [0.5, 0.6) is 0 Å². The zero-order chi connectivity index (χ0) is 12.6. The Bertz CT molecular complexity index is 468. The highest BCUT2D eigenvalue weighted by atomic mass is 35.5. The minimum atomic E-state index is -3.21. The van der Waals surface area contributed by atoms with Crippen molar-refractivity contribution >= 4 is 18.5 Å². The van der Waals surface area contributed by atoms with Crippen LogP contribution in [0.3, 0.4) is 0 Å². The van der Waals surface area contributed by atoms with Crippen molar-refractivity contribution in [1.29, 1.82) is 0 Å². The molecule has 1 aromatic rings. The third kappa shape index (κ3) is 2.69. The first-order chi connectivity index (χ1) is 7.90. The molecule has 3 nitrogen and oxygen atoms in total. The highest BCUT2D eigenvalue weighted by Gasteiger charge is 2.46. The maximum absolute atomic E-state index is 13.5. The van der Waals surface area contributed by atoms with Gasteiger partial charge < -0.3 is 10.1 Å². The number of cyclic esters (lactones) is 1. The molecule has 2 rings (SSSR count). The lowest BCUT2D eigenvalue weighted by Crippen LogP contribution is -2.49. The summed E-state index contributed by atoms with van der Waals surface area (Å²) in [7, 11) is 0. The first-order valence-corrected chi connectivity index (χ1v) is 4.97. The smallest absolute Gasteiger partial charge is 0.408 e. The van der Waals surface area contributed by atoms with Crippen LogP contribution in [0, 0.1) is 12.7 Å². The molecule has 18 heavy (non-hydrogen) atoms. The summed E-state index contributed by atoms with van der Waals surface area (Å²) >= 11 is 0. The van der Waals surface area contributed by atoms with Crippen molar-refractivity contribution in [1.82, 2.24) is 5.32 Å². The van der Waals surface area contributed by atoms with E-state index in [-0.39, 0.29) is 23.5 Å². The van der Waals surface area contributed by atoms with Crippen molar-refractivity contribution in [2.75, 3.05) is 6.61 Å². The molecule has 1 heterocycles. The Balaban J connectivity index is 0.00000162. The number of alkyl halides is 2. The van der Waals surface area contributed by atoms with Crippen LogP contribution in [-0.2, 0) is 4.74 Å². The van der Waals surface area contributed by atoms with Crippen LogP contribution in [-0.4, -0.2) is 18.6 Å². The first kappa shape index (κ1) is 14.6. The van der Waals surface area contributed by atoms with Gasteiger partial charge in [0.1, 0.15) is 11.9 Å². The van der Waals surface area contributed by atoms with Crippen LogP contribution in [0.15, 0.2) is 18.2 Å². The predicted molar refractivity (Wildman–Crippen MR) is 60.6 cm³/mol. The van der Waals surface area contributed by atoms with E-state index in [2.05, 4.69) is 4.74 Å². The monoisotopic (exact) mass is 281 g/mol. The lowest BCUT2D eigenvalue weighted by molar-refractivity contribution is -0.104. The van der Waals surface area contributed by atoms with Crippen molar-refractivity contribution in [2.45, 2.75) is 18.9 Å². The highest BCUT2D eigenvalue weighted by Crippen LogP contribution is 2.34. The molecule has 1 N–H and O–H groups in total. The number of benzene rings is 1. The molecule has 0 spiro atoms. The van der Waals surface area contributed by atoms with E-state index in [1.807, 2.05) is 5.32 Å². The summed E-state index contributed by atoms with van der Waals surface area (Å²) in [4.78, 5) is 10.9. The molecule has 100 valence electrons. The number of alkyl carbamates (subject to hydrolysis) is 1. The molecule has 0 bridgehead atoms. The molecule has 1 aliphatic rings. The van der Waals surface area contributed by atoms with Crippen LogP contribution in [0.1, 0.15) is 17.2 Å². The first-order valence-electron chi connectivity index (χ1n) is 4.97.